The Bertz CT molecular complexity index is 734. The molecule has 30 heavy (non-hydrogen) atoms. The van der Waals surface area contributed by atoms with Gasteiger partial charge in [0, 0.05) is 23.5 Å². The largest absolute Gasteiger partial charge is 0.491 e. The third kappa shape index (κ3) is 9.11. The molecule has 1 aliphatic rings. The first-order chi connectivity index (χ1) is 14.5. The SMILES string of the molecule is O=C(O)COCCCC=CCC1C(=O)C=CC1SCC(O)COc1ccc(F)cc1. The molecule has 3 atom stereocenters. The van der Waals surface area contributed by atoms with Crippen LogP contribution in [0.5, 0.6) is 5.75 Å². The molecule has 0 spiro atoms. The lowest BCUT2D eigenvalue weighted by Crippen LogP contribution is -2.24. The summed E-state index contributed by atoms with van der Waals surface area (Å²) in [5.41, 5.74) is 0. The highest BCUT2D eigenvalue weighted by atomic mass is 32.2. The molecule has 8 heteroatoms. The van der Waals surface area contributed by atoms with Gasteiger partial charge in [-0.05, 0) is 49.6 Å². The summed E-state index contributed by atoms with van der Waals surface area (Å²) in [6.07, 6.45) is 8.80. The standard InChI is InChI=1S/C22H27FO6S/c23-16-6-8-18(9-7-16)29-13-17(24)15-30-21-11-10-20(25)19(21)5-3-1-2-4-12-28-14-22(26)27/h1,3,6-11,17,19,21,24H,2,4-5,12-15H2,(H,26,27). The van der Waals surface area contributed by atoms with Crippen molar-refractivity contribution in [2.45, 2.75) is 30.6 Å². The summed E-state index contributed by atoms with van der Waals surface area (Å²) < 4.78 is 23.3. The maximum atomic E-state index is 12.9. The summed E-state index contributed by atoms with van der Waals surface area (Å²) >= 11 is 1.51. The number of ether oxygens (including phenoxy) is 2. The van der Waals surface area contributed by atoms with E-state index >= 15 is 0 Å². The Morgan fingerprint density at radius 3 is 2.77 bits per heavy atom. The van der Waals surface area contributed by atoms with E-state index in [0.717, 1.165) is 12.8 Å². The van der Waals surface area contributed by atoms with E-state index in [-0.39, 0.29) is 36.0 Å². The fourth-order valence-corrected chi connectivity index (χ4v) is 4.06. The van der Waals surface area contributed by atoms with Crippen LogP contribution in [0.4, 0.5) is 4.39 Å². The van der Waals surface area contributed by atoms with Crippen molar-refractivity contribution in [2.24, 2.45) is 5.92 Å². The lowest BCUT2D eigenvalue weighted by atomic mass is 10.0. The Hall–Kier alpha value is -2.16. The second-order valence-corrected chi connectivity index (χ2v) is 8.09. The van der Waals surface area contributed by atoms with Gasteiger partial charge >= 0.3 is 5.97 Å². The lowest BCUT2D eigenvalue weighted by molar-refractivity contribution is -0.142. The predicted octanol–water partition coefficient (Wildman–Crippen LogP) is 3.25. The van der Waals surface area contributed by atoms with Gasteiger partial charge in [0.25, 0.3) is 0 Å². The van der Waals surface area contributed by atoms with Crippen molar-refractivity contribution in [3.63, 3.8) is 0 Å². The number of rotatable bonds is 14. The quantitative estimate of drug-likeness (QED) is 0.340. The van der Waals surface area contributed by atoms with Crippen LogP contribution in [0.3, 0.4) is 0 Å². The number of aliphatic hydroxyl groups excluding tert-OH is 1. The number of allylic oxidation sites excluding steroid dienone is 3. The smallest absolute Gasteiger partial charge is 0.329 e. The average Bonchev–Trinajstić information content (AvgIpc) is 3.07. The number of hydrogen-bond donors (Lipinski definition) is 2. The Balaban J connectivity index is 1.64. The van der Waals surface area contributed by atoms with Crippen LogP contribution in [0.1, 0.15) is 19.3 Å². The van der Waals surface area contributed by atoms with Crippen LogP contribution in [0.2, 0.25) is 0 Å². The molecular weight excluding hydrogens is 411 g/mol. The second kappa shape index (κ2) is 13.2. The number of carbonyl (C=O) groups excluding carboxylic acids is 1. The highest BCUT2D eigenvalue weighted by molar-refractivity contribution is 8.00. The Morgan fingerprint density at radius 1 is 1.27 bits per heavy atom. The van der Waals surface area contributed by atoms with Gasteiger partial charge in [-0.2, -0.15) is 11.8 Å². The van der Waals surface area contributed by atoms with Gasteiger partial charge in [-0.3, -0.25) is 4.79 Å². The van der Waals surface area contributed by atoms with E-state index < -0.39 is 12.1 Å². The Kier molecular flexibility index (Phi) is 10.6. The molecule has 6 nitrogen and oxygen atoms in total. The highest BCUT2D eigenvalue weighted by Gasteiger charge is 2.29. The molecule has 0 bridgehead atoms. The molecule has 0 fully saturated rings. The first-order valence-electron chi connectivity index (χ1n) is 9.80. The van der Waals surface area contributed by atoms with Gasteiger partial charge in [-0.1, -0.05) is 18.2 Å². The number of halogens is 1. The minimum Gasteiger partial charge on any atom is -0.491 e. The predicted molar refractivity (Wildman–Crippen MR) is 113 cm³/mol. The normalized spacial score (nSPS) is 19.5. The van der Waals surface area contributed by atoms with Crippen molar-refractivity contribution in [1.82, 2.24) is 0 Å². The lowest BCUT2D eigenvalue weighted by Gasteiger charge is -2.18. The Morgan fingerprint density at radius 2 is 2.03 bits per heavy atom. The molecule has 1 aromatic carbocycles. The van der Waals surface area contributed by atoms with E-state index in [1.165, 1.54) is 36.0 Å². The summed E-state index contributed by atoms with van der Waals surface area (Å²) in [5.74, 6) is -0.479. The van der Waals surface area contributed by atoms with Crippen LogP contribution < -0.4 is 4.74 Å². The number of thioether (sulfide) groups is 1. The number of ketones is 1. The minimum absolute atomic E-state index is 0.00141. The van der Waals surface area contributed by atoms with Gasteiger partial charge in [0.05, 0.1) is 6.10 Å². The van der Waals surface area contributed by atoms with E-state index in [0.29, 0.717) is 24.5 Å². The van der Waals surface area contributed by atoms with Gasteiger partial charge < -0.3 is 19.7 Å². The molecule has 1 aliphatic carbocycles. The van der Waals surface area contributed by atoms with E-state index in [2.05, 4.69) is 0 Å². The fourth-order valence-electron chi connectivity index (χ4n) is 2.85. The number of carboxylic acids is 1. The minimum atomic E-state index is -0.978. The van der Waals surface area contributed by atoms with Crippen molar-refractivity contribution >= 4 is 23.5 Å². The molecule has 0 radical (unpaired) electrons. The third-order valence-corrected chi connectivity index (χ3v) is 5.84. The van der Waals surface area contributed by atoms with Crippen LogP contribution in [-0.4, -0.2) is 58.9 Å². The molecule has 0 heterocycles. The van der Waals surface area contributed by atoms with Crippen molar-refractivity contribution in [1.29, 1.82) is 0 Å². The molecule has 1 aromatic rings. The summed E-state index contributed by atoms with van der Waals surface area (Å²) in [5, 5.41) is 18.6. The summed E-state index contributed by atoms with van der Waals surface area (Å²) in [6, 6.07) is 5.61. The van der Waals surface area contributed by atoms with Crippen molar-refractivity contribution < 1.29 is 33.7 Å². The highest BCUT2D eigenvalue weighted by Crippen LogP contribution is 2.31. The molecule has 3 unspecified atom stereocenters. The number of benzene rings is 1. The van der Waals surface area contributed by atoms with E-state index in [9.17, 15) is 19.1 Å². The van der Waals surface area contributed by atoms with Crippen LogP contribution in [0, 0.1) is 11.7 Å². The fraction of sp³-hybridized carbons (Fsp3) is 0.455. The average molecular weight is 439 g/mol. The molecule has 0 aromatic heterocycles. The molecule has 0 amide bonds. The van der Waals surface area contributed by atoms with Gasteiger partial charge in [0.2, 0.25) is 0 Å². The van der Waals surface area contributed by atoms with Crippen molar-refractivity contribution in [3.05, 3.63) is 54.4 Å². The first kappa shape index (κ1) is 24.1. The van der Waals surface area contributed by atoms with Gasteiger partial charge in [0.1, 0.15) is 24.8 Å². The molecule has 0 aliphatic heterocycles. The molecule has 2 rings (SSSR count). The van der Waals surface area contributed by atoms with Crippen molar-refractivity contribution in [3.8, 4) is 5.75 Å². The van der Waals surface area contributed by atoms with Crippen LogP contribution >= 0.6 is 11.8 Å². The number of unbranched alkanes of at least 4 members (excludes halogenated alkanes) is 1. The summed E-state index contributed by atoms with van der Waals surface area (Å²) in [7, 11) is 0. The number of hydrogen-bond acceptors (Lipinski definition) is 6. The number of aliphatic hydroxyl groups is 1. The van der Waals surface area contributed by atoms with Crippen LogP contribution in [0.15, 0.2) is 48.6 Å². The van der Waals surface area contributed by atoms with E-state index in [1.54, 1.807) is 6.08 Å². The molecule has 0 saturated carbocycles. The molecule has 164 valence electrons. The molecule has 2 N–H and O–H groups in total. The Labute approximate surface area is 179 Å². The van der Waals surface area contributed by atoms with Gasteiger partial charge in [-0.25, -0.2) is 9.18 Å². The summed E-state index contributed by atoms with van der Waals surface area (Å²) in [4.78, 5) is 22.4. The number of carboxylic acid groups (broad SMARTS) is 1. The van der Waals surface area contributed by atoms with Gasteiger partial charge in [0.15, 0.2) is 5.78 Å². The summed E-state index contributed by atoms with van der Waals surface area (Å²) in [6.45, 7) is 0.195. The van der Waals surface area contributed by atoms with Gasteiger partial charge in [-0.15, -0.1) is 0 Å². The monoisotopic (exact) mass is 438 g/mol. The maximum Gasteiger partial charge on any atom is 0.329 e. The van der Waals surface area contributed by atoms with Crippen molar-refractivity contribution in [2.75, 3.05) is 25.6 Å². The first-order valence-corrected chi connectivity index (χ1v) is 10.8. The number of carbonyl (C=O) groups is 2. The second-order valence-electron chi connectivity index (χ2n) is 6.88. The zero-order valence-corrected chi connectivity index (χ0v) is 17.4. The number of aliphatic carboxylic acids is 1. The topological polar surface area (TPSA) is 93.1 Å². The van der Waals surface area contributed by atoms with E-state index in [4.69, 9.17) is 14.6 Å². The zero-order chi connectivity index (χ0) is 21.8. The molecule has 0 saturated heterocycles. The maximum absolute atomic E-state index is 12.9. The molecular formula is C22H27FO6S. The van der Waals surface area contributed by atoms with Crippen LogP contribution in [-0.2, 0) is 14.3 Å². The van der Waals surface area contributed by atoms with E-state index in [1.807, 2.05) is 18.2 Å². The third-order valence-electron chi connectivity index (χ3n) is 4.39. The zero-order valence-electron chi connectivity index (χ0n) is 16.6. The van der Waals surface area contributed by atoms with Crippen LogP contribution in [0.25, 0.3) is 0 Å².